The van der Waals surface area contributed by atoms with Crippen LogP contribution in [0, 0.1) is 0 Å². The highest BCUT2D eigenvalue weighted by Gasteiger charge is 2.29. The van der Waals surface area contributed by atoms with Crippen LogP contribution in [0.3, 0.4) is 0 Å². The molecule has 0 radical (unpaired) electrons. The maximum Gasteiger partial charge on any atom is 0.244 e. The molecule has 0 spiro atoms. The Morgan fingerprint density at radius 1 is 1.53 bits per heavy atom. The summed E-state index contributed by atoms with van der Waals surface area (Å²) < 4.78 is 0. The fourth-order valence-electron chi connectivity index (χ4n) is 1.78. The van der Waals surface area contributed by atoms with Crippen LogP contribution in [0.4, 0.5) is 11.8 Å². The molecule has 1 N–H and O–H groups in total. The second kappa shape index (κ2) is 4.57. The van der Waals surface area contributed by atoms with Crippen LogP contribution in [0.1, 0.15) is 6.42 Å². The largest absolute Gasteiger partial charge is 0.358 e. The summed E-state index contributed by atoms with van der Waals surface area (Å²) in [5.74, 6) is 1.45. The smallest absolute Gasteiger partial charge is 0.244 e. The summed E-state index contributed by atoms with van der Waals surface area (Å²) in [6.07, 6.45) is 2.50. The molecular formula is C11H17N5O. The molecule has 1 aliphatic heterocycles. The molecule has 1 saturated heterocycles. The molecule has 1 fully saturated rings. The second-order valence-corrected chi connectivity index (χ2v) is 4.38. The van der Waals surface area contributed by atoms with E-state index in [4.69, 9.17) is 0 Å². The molecule has 6 heteroatoms. The molecule has 92 valence electrons. The zero-order chi connectivity index (χ0) is 12.4. The van der Waals surface area contributed by atoms with Crippen molar-refractivity contribution in [3.8, 4) is 0 Å². The SMILES string of the molecule is CN1CCC(Nc2ccnc(N(C)C)n2)C1=O. The molecule has 0 aliphatic carbocycles. The van der Waals surface area contributed by atoms with Gasteiger partial charge in [0.1, 0.15) is 11.9 Å². The van der Waals surface area contributed by atoms with Crippen molar-refractivity contribution in [2.75, 3.05) is 37.9 Å². The Balaban J connectivity index is 2.09. The number of hydrogen-bond acceptors (Lipinski definition) is 5. The van der Waals surface area contributed by atoms with E-state index in [9.17, 15) is 4.79 Å². The van der Waals surface area contributed by atoms with Crippen LogP contribution >= 0.6 is 0 Å². The van der Waals surface area contributed by atoms with Gasteiger partial charge in [-0.3, -0.25) is 4.79 Å². The number of carbonyl (C=O) groups excluding carboxylic acids is 1. The van der Waals surface area contributed by atoms with Gasteiger partial charge in [-0.25, -0.2) is 4.98 Å². The van der Waals surface area contributed by atoms with E-state index in [1.165, 1.54) is 0 Å². The van der Waals surface area contributed by atoms with Crippen LogP contribution in [-0.2, 0) is 4.79 Å². The predicted molar refractivity (Wildman–Crippen MR) is 66.0 cm³/mol. The fourth-order valence-corrected chi connectivity index (χ4v) is 1.78. The Morgan fingerprint density at radius 2 is 2.29 bits per heavy atom. The summed E-state index contributed by atoms with van der Waals surface area (Å²) in [5.41, 5.74) is 0. The number of aromatic nitrogens is 2. The summed E-state index contributed by atoms with van der Waals surface area (Å²) in [4.78, 5) is 23.7. The van der Waals surface area contributed by atoms with E-state index in [-0.39, 0.29) is 11.9 Å². The van der Waals surface area contributed by atoms with Crippen molar-refractivity contribution in [1.82, 2.24) is 14.9 Å². The van der Waals surface area contributed by atoms with Crippen molar-refractivity contribution in [3.05, 3.63) is 12.3 Å². The number of carbonyl (C=O) groups is 1. The maximum absolute atomic E-state index is 11.7. The molecule has 1 amide bonds. The molecule has 1 aromatic rings. The van der Waals surface area contributed by atoms with Gasteiger partial charge in [0.25, 0.3) is 0 Å². The number of anilines is 2. The third-order valence-corrected chi connectivity index (χ3v) is 2.79. The number of nitrogens with one attached hydrogen (secondary N) is 1. The molecule has 0 bridgehead atoms. The Labute approximate surface area is 101 Å². The zero-order valence-electron chi connectivity index (χ0n) is 10.3. The molecule has 1 unspecified atom stereocenters. The molecule has 2 heterocycles. The number of likely N-dealkylation sites (tertiary alicyclic amines) is 1. The van der Waals surface area contributed by atoms with Crippen molar-refractivity contribution in [1.29, 1.82) is 0 Å². The molecule has 2 rings (SSSR count). The number of rotatable bonds is 3. The van der Waals surface area contributed by atoms with Crippen LogP contribution in [0.15, 0.2) is 12.3 Å². The fraction of sp³-hybridized carbons (Fsp3) is 0.545. The maximum atomic E-state index is 11.7. The minimum atomic E-state index is -0.162. The lowest BCUT2D eigenvalue weighted by Crippen LogP contribution is -2.31. The highest BCUT2D eigenvalue weighted by Crippen LogP contribution is 2.15. The highest BCUT2D eigenvalue weighted by molar-refractivity contribution is 5.86. The summed E-state index contributed by atoms with van der Waals surface area (Å²) in [6.45, 7) is 0.794. The monoisotopic (exact) mass is 235 g/mol. The van der Waals surface area contributed by atoms with Gasteiger partial charge < -0.3 is 15.1 Å². The molecule has 1 atom stereocenters. The first-order chi connectivity index (χ1) is 8.08. The van der Waals surface area contributed by atoms with Gasteiger partial charge in [0.2, 0.25) is 11.9 Å². The van der Waals surface area contributed by atoms with Gasteiger partial charge in [-0.05, 0) is 12.5 Å². The van der Waals surface area contributed by atoms with Crippen molar-refractivity contribution in [2.45, 2.75) is 12.5 Å². The second-order valence-electron chi connectivity index (χ2n) is 4.38. The molecule has 6 nitrogen and oxygen atoms in total. The molecular weight excluding hydrogens is 218 g/mol. The first kappa shape index (κ1) is 11.6. The first-order valence-corrected chi connectivity index (χ1v) is 5.60. The standard InChI is InChI=1S/C11H17N5O/c1-15(2)11-12-6-4-9(14-11)13-8-5-7-16(3)10(8)17/h4,6,8H,5,7H2,1-3H3,(H,12,13,14). The van der Waals surface area contributed by atoms with E-state index in [0.717, 1.165) is 13.0 Å². The van der Waals surface area contributed by atoms with Crippen LogP contribution in [-0.4, -0.2) is 54.5 Å². The minimum absolute atomic E-state index is 0.120. The Morgan fingerprint density at radius 3 is 2.88 bits per heavy atom. The summed E-state index contributed by atoms with van der Waals surface area (Å²) in [7, 11) is 5.58. The van der Waals surface area contributed by atoms with Gasteiger partial charge in [-0.1, -0.05) is 0 Å². The number of nitrogens with zero attached hydrogens (tertiary/aromatic N) is 4. The summed E-state index contributed by atoms with van der Waals surface area (Å²) in [6, 6.07) is 1.61. The van der Waals surface area contributed by atoms with Gasteiger partial charge in [-0.2, -0.15) is 4.98 Å². The van der Waals surface area contributed by atoms with Crippen LogP contribution in [0.2, 0.25) is 0 Å². The van der Waals surface area contributed by atoms with E-state index < -0.39 is 0 Å². The predicted octanol–water partition coefficient (Wildman–Crippen LogP) is 0.185. The lowest BCUT2D eigenvalue weighted by atomic mass is 10.2. The highest BCUT2D eigenvalue weighted by atomic mass is 16.2. The Bertz CT molecular complexity index is 420. The topological polar surface area (TPSA) is 61.4 Å². The van der Waals surface area contributed by atoms with Gasteiger partial charge in [0.05, 0.1) is 0 Å². The normalized spacial score (nSPS) is 19.6. The molecule has 17 heavy (non-hydrogen) atoms. The van der Waals surface area contributed by atoms with E-state index in [2.05, 4.69) is 15.3 Å². The zero-order valence-corrected chi connectivity index (χ0v) is 10.3. The van der Waals surface area contributed by atoms with E-state index >= 15 is 0 Å². The lowest BCUT2D eigenvalue weighted by molar-refractivity contribution is -0.127. The average Bonchev–Trinajstić information content (AvgIpc) is 2.61. The number of hydrogen-bond donors (Lipinski definition) is 1. The summed E-state index contributed by atoms with van der Waals surface area (Å²) >= 11 is 0. The lowest BCUT2D eigenvalue weighted by Gasteiger charge is -2.15. The van der Waals surface area contributed by atoms with Gasteiger partial charge in [0.15, 0.2) is 0 Å². The third kappa shape index (κ3) is 2.46. The van der Waals surface area contributed by atoms with E-state index in [0.29, 0.717) is 11.8 Å². The van der Waals surface area contributed by atoms with Crippen molar-refractivity contribution in [2.24, 2.45) is 0 Å². The van der Waals surface area contributed by atoms with E-state index in [1.54, 1.807) is 17.2 Å². The van der Waals surface area contributed by atoms with Gasteiger partial charge in [-0.15, -0.1) is 0 Å². The molecule has 1 aliphatic rings. The van der Waals surface area contributed by atoms with Crippen molar-refractivity contribution in [3.63, 3.8) is 0 Å². The Hall–Kier alpha value is -1.85. The molecule has 0 aromatic carbocycles. The first-order valence-electron chi connectivity index (χ1n) is 5.60. The average molecular weight is 235 g/mol. The minimum Gasteiger partial charge on any atom is -0.358 e. The number of likely N-dealkylation sites (N-methyl/N-ethyl adjacent to an activating group) is 1. The van der Waals surface area contributed by atoms with Crippen molar-refractivity contribution >= 4 is 17.7 Å². The van der Waals surface area contributed by atoms with Crippen LogP contribution < -0.4 is 10.2 Å². The van der Waals surface area contributed by atoms with Gasteiger partial charge in [0, 0.05) is 33.9 Å². The van der Waals surface area contributed by atoms with Crippen LogP contribution in [0.5, 0.6) is 0 Å². The summed E-state index contributed by atoms with van der Waals surface area (Å²) in [5, 5.41) is 3.15. The van der Waals surface area contributed by atoms with Gasteiger partial charge >= 0.3 is 0 Å². The van der Waals surface area contributed by atoms with E-state index in [1.807, 2.05) is 26.0 Å². The quantitative estimate of drug-likeness (QED) is 0.810. The Kier molecular flexibility index (Phi) is 3.12. The number of amides is 1. The third-order valence-electron chi connectivity index (χ3n) is 2.79. The van der Waals surface area contributed by atoms with Crippen molar-refractivity contribution < 1.29 is 4.79 Å². The van der Waals surface area contributed by atoms with Crippen LogP contribution in [0.25, 0.3) is 0 Å². The molecule has 1 aromatic heterocycles. The molecule has 0 saturated carbocycles.